The van der Waals surface area contributed by atoms with E-state index in [0.717, 1.165) is 0 Å². The first-order valence-corrected chi connectivity index (χ1v) is 5.47. The highest BCUT2D eigenvalue weighted by molar-refractivity contribution is 5.77. The number of nitrogens with zero attached hydrogens (tertiary/aromatic N) is 1. The molecule has 1 atom stereocenters. The van der Waals surface area contributed by atoms with Gasteiger partial charge in [0.1, 0.15) is 0 Å². The average molecular weight is 249 g/mol. The predicted molar refractivity (Wildman–Crippen MR) is 64.7 cm³/mol. The van der Waals surface area contributed by atoms with E-state index in [0.29, 0.717) is 23.5 Å². The number of nitriles is 1. The largest absolute Gasteiger partial charge is 0.493 e. The van der Waals surface area contributed by atoms with Crippen molar-refractivity contribution in [2.75, 3.05) is 7.11 Å². The molecule has 0 radical (unpaired) electrons. The Bertz CT molecular complexity index is 492. The standard InChI is InChI=1S/C13H15NO4/c1-4-13(2,12(15)16)18-10-6-5-9(8-14)7-11(10)17-3/h5-7H,4H2,1-3H3,(H,15,16). The molecular formula is C13H15NO4. The molecule has 0 amide bonds. The van der Waals surface area contributed by atoms with Crippen LogP contribution in [0.1, 0.15) is 25.8 Å². The number of hydrogen-bond acceptors (Lipinski definition) is 4. The van der Waals surface area contributed by atoms with Crippen LogP contribution in [0.5, 0.6) is 11.5 Å². The number of benzene rings is 1. The minimum atomic E-state index is -1.32. The van der Waals surface area contributed by atoms with Crippen molar-refractivity contribution in [1.82, 2.24) is 0 Å². The van der Waals surface area contributed by atoms with Crippen LogP contribution in [0.3, 0.4) is 0 Å². The van der Waals surface area contributed by atoms with Gasteiger partial charge in [0.2, 0.25) is 5.60 Å². The van der Waals surface area contributed by atoms with E-state index in [4.69, 9.17) is 19.8 Å². The van der Waals surface area contributed by atoms with Crippen molar-refractivity contribution in [3.8, 4) is 17.6 Å². The highest BCUT2D eigenvalue weighted by Crippen LogP contribution is 2.32. The van der Waals surface area contributed by atoms with Gasteiger partial charge < -0.3 is 14.6 Å². The highest BCUT2D eigenvalue weighted by Gasteiger charge is 2.34. The summed E-state index contributed by atoms with van der Waals surface area (Å²) in [6, 6.07) is 6.57. The van der Waals surface area contributed by atoms with Crippen LogP contribution in [-0.2, 0) is 4.79 Å². The molecule has 1 aromatic carbocycles. The van der Waals surface area contributed by atoms with Gasteiger partial charge in [0, 0.05) is 6.07 Å². The molecule has 0 spiro atoms. The van der Waals surface area contributed by atoms with Crippen molar-refractivity contribution >= 4 is 5.97 Å². The van der Waals surface area contributed by atoms with Crippen LogP contribution in [0.15, 0.2) is 18.2 Å². The van der Waals surface area contributed by atoms with E-state index < -0.39 is 11.6 Å². The molecule has 5 nitrogen and oxygen atoms in total. The SMILES string of the molecule is CCC(C)(Oc1ccc(C#N)cc1OC)C(=O)O. The smallest absolute Gasteiger partial charge is 0.347 e. The Kier molecular flexibility index (Phi) is 4.16. The Balaban J connectivity index is 3.11. The first kappa shape index (κ1) is 13.8. The number of carboxylic acids is 1. The summed E-state index contributed by atoms with van der Waals surface area (Å²) in [5, 5.41) is 17.9. The van der Waals surface area contributed by atoms with Gasteiger partial charge in [-0.2, -0.15) is 5.26 Å². The maximum atomic E-state index is 11.2. The summed E-state index contributed by atoms with van der Waals surface area (Å²) in [5.74, 6) is -0.394. The third-order valence-corrected chi connectivity index (χ3v) is 2.76. The topological polar surface area (TPSA) is 79.5 Å². The Hall–Kier alpha value is -2.22. The van der Waals surface area contributed by atoms with Crippen molar-refractivity contribution in [3.63, 3.8) is 0 Å². The Morgan fingerprint density at radius 1 is 1.50 bits per heavy atom. The molecule has 0 fully saturated rings. The molecular weight excluding hydrogens is 234 g/mol. The number of rotatable bonds is 5. The summed E-state index contributed by atoms with van der Waals surface area (Å²) in [7, 11) is 1.44. The van der Waals surface area contributed by atoms with E-state index in [-0.39, 0.29) is 0 Å². The maximum Gasteiger partial charge on any atom is 0.347 e. The van der Waals surface area contributed by atoms with Gasteiger partial charge in [-0.05, 0) is 25.5 Å². The van der Waals surface area contributed by atoms with Crippen LogP contribution in [0, 0.1) is 11.3 Å². The lowest BCUT2D eigenvalue weighted by Crippen LogP contribution is -2.40. The van der Waals surface area contributed by atoms with Gasteiger partial charge in [-0.25, -0.2) is 4.79 Å². The van der Waals surface area contributed by atoms with E-state index in [2.05, 4.69) is 0 Å². The summed E-state index contributed by atoms with van der Waals surface area (Å²) in [5.41, 5.74) is -0.894. The van der Waals surface area contributed by atoms with Crippen molar-refractivity contribution in [1.29, 1.82) is 5.26 Å². The zero-order chi connectivity index (χ0) is 13.8. The zero-order valence-electron chi connectivity index (χ0n) is 10.6. The van der Waals surface area contributed by atoms with Crippen molar-refractivity contribution in [3.05, 3.63) is 23.8 Å². The van der Waals surface area contributed by atoms with Crippen LogP contribution >= 0.6 is 0 Å². The molecule has 0 saturated heterocycles. The molecule has 1 rings (SSSR count). The molecule has 0 saturated carbocycles. The quantitative estimate of drug-likeness (QED) is 0.865. The zero-order valence-corrected chi connectivity index (χ0v) is 10.6. The number of ether oxygens (including phenoxy) is 2. The van der Waals surface area contributed by atoms with Crippen LogP contribution in [0.4, 0.5) is 0 Å². The monoisotopic (exact) mass is 249 g/mol. The van der Waals surface area contributed by atoms with Gasteiger partial charge in [0.05, 0.1) is 18.7 Å². The van der Waals surface area contributed by atoms with Gasteiger partial charge in [-0.15, -0.1) is 0 Å². The summed E-state index contributed by atoms with van der Waals surface area (Å²) in [6.45, 7) is 3.22. The fourth-order valence-corrected chi connectivity index (χ4v) is 1.33. The normalized spacial score (nSPS) is 13.2. The van der Waals surface area contributed by atoms with Crippen LogP contribution < -0.4 is 9.47 Å². The van der Waals surface area contributed by atoms with Crippen molar-refractivity contribution in [2.45, 2.75) is 25.9 Å². The summed E-state index contributed by atoms with van der Waals surface area (Å²) < 4.78 is 10.6. The molecule has 5 heteroatoms. The maximum absolute atomic E-state index is 11.2. The van der Waals surface area contributed by atoms with Gasteiger partial charge >= 0.3 is 5.97 Å². The molecule has 1 aromatic rings. The Morgan fingerprint density at radius 3 is 2.61 bits per heavy atom. The first-order valence-electron chi connectivity index (χ1n) is 5.47. The van der Waals surface area contributed by atoms with Gasteiger partial charge in [-0.3, -0.25) is 0 Å². The lowest BCUT2D eigenvalue weighted by molar-refractivity contribution is -0.154. The predicted octanol–water partition coefficient (Wildman–Crippen LogP) is 2.20. The fourth-order valence-electron chi connectivity index (χ4n) is 1.33. The minimum absolute atomic E-state index is 0.309. The molecule has 0 aliphatic heterocycles. The van der Waals surface area contributed by atoms with Crippen molar-refractivity contribution in [2.24, 2.45) is 0 Å². The summed E-state index contributed by atoms with van der Waals surface area (Å²) >= 11 is 0. The molecule has 0 aliphatic rings. The number of methoxy groups -OCH3 is 1. The van der Waals surface area contributed by atoms with E-state index in [1.54, 1.807) is 13.0 Å². The lowest BCUT2D eigenvalue weighted by atomic mass is 10.0. The Labute approximate surface area is 106 Å². The number of carbonyl (C=O) groups is 1. The molecule has 0 heterocycles. The second kappa shape index (κ2) is 5.41. The van der Waals surface area contributed by atoms with Crippen molar-refractivity contribution < 1.29 is 19.4 Å². The molecule has 0 aromatic heterocycles. The van der Waals surface area contributed by atoms with E-state index in [1.165, 1.54) is 26.2 Å². The lowest BCUT2D eigenvalue weighted by Gasteiger charge is -2.25. The second-order valence-corrected chi connectivity index (χ2v) is 3.97. The Morgan fingerprint density at radius 2 is 2.17 bits per heavy atom. The fraction of sp³-hybridized carbons (Fsp3) is 0.385. The molecule has 0 aliphatic carbocycles. The van der Waals surface area contributed by atoms with Gasteiger partial charge in [-0.1, -0.05) is 6.92 Å². The molecule has 1 unspecified atom stereocenters. The summed E-state index contributed by atoms with van der Waals surface area (Å²) in [6.07, 6.45) is 0.311. The average Bonchev–Trinajstić information content (AvgIpc) is 2.38. The first-order chi connectivity index (χ1) is 8.46. The number of aliphatic carboxylic acids is 1. The van der Waals surface area contributed by atoms with Gasteiger partial charge in [0.15, 0.2) is 11.5 Å². The van der Waals surface area contributed by atoms with Crippen LogP contribution in [0.25, 0.3) is 0 Å². The van der Waals surface area contributed by atoms with E-state index in [1.807, 2.05) is 6.07 Å². The van der Waals surface area contributed by atoms with Crippen LogP contribution in [0.2, 0.25) is 0 Å². The number of hydrogen-bond donors (Lipinski definition) is 1. The summed E-state index contributed by atoms with van der Waals surface area (Å²) in [4.78, 5) is 11.2. The van der Waals surface area contributed by atoms with Gasteiger partial charge in [0.25, 0.3) is 0 Å². The molecule has 96 valence electrons. The number of carboxylic acid groups (broad SMARTS) is 1. The van der Waals surface area contributed by atoms with E-state index >= 15 is 0 Å². The third kappa shape index (κ3) is 2.72. The molecule has 1 N–H and O–H groups in total. The van der Waals surface area contributed by atoms with Crippen LogP contribution in [-0.4, -0.2) is 23.8 Å². The third-order valence-electron chi connectivity index (χ3n) is 2.76. The second-order valence-electron chi connectivity index (χ2n) is 3.97. The molecule has 18 heavy (non-hydrogen) atoms. The molecule has 0 bridgehead atoms. The highest BCUT2D eigenvalue weighted by atomic mass is 16.5. The van der Waals surface area contributed by atoms with E-state index in [9.17, 15) is 4.79 Å². The minimum Gasteiger partial charge on any atom is -0.493 e.